The summed E-state index contributed by atoms with van der Waals surface area (Å²) in [6.07, 6.45) is 0.869. The molecule has 1 unspecified atom stereocenters. The Morgan fingerprint density at radius 3 is 2.28 bits per heavy atom. The minimum absolute atomic E-state index is 0.0243. The molecule has 1 aromatic heterocycles. The minimum Gasteiger partial charge on any atom is -0.493 e. The second-order valence-corrected chi connectivity index (χ2v) is 8.44. The Morgan fingerprint density at radius 2 is 1.75 bits per heavy atom. The standard InChI is InChI=1S/C22H27N3O6S/c1-6-17-12(2)7-18(32-17)22(28)24-23-21(27)13-8-19(26)25(11-13)14-9-15(29-3)20(31-5)16(10-14)30-4/h7,9-10,13H,6,8,11H2,1-5H3,(H,23,27)(H,24,28). The lowest BCUT2D eigenvalue weighted by atomic mass is 10.1. The second kappa shape index (κ2) is 9.90. The van der Waals surface area contributed by atoms with Crippen molar-refractivity contribution in [2.24, 2.45) is 5.92 Å². The highest BCUT2D eigenvalue weighted by Gasteiger charge is 2.36. The fourth-order valence-electron chi connectivity index (χ4n) is 3.62. The lowest BCUT2D eigenvalue weighted by Crippen LogP contribution is -2.45. The van der Waals surface area contributed by atoms with Crippen LogP contribution in [-0.2, 0) is 16.0 Å². The van der Waals surface area contributed by atoms with Crippen molar-refractivity contribution in [3.63, 3.8) is 0 Å². The smallest absolute Gasteiger partial charge is 0.279 e. The van der Waals surface area contributed by atoms with Gasteiger partial charge in [0, 0.05) is 30.0 Å². The van der Waals surface area contributed by atoms with Gasteiger partial charge in [0.2, 0.25) is 17.6 Å². The van der Waals surface area contributed by atoms with Gasteiger partial charge in [-0.2, -0.15) is 0 Å². The van der Waals surface area contributed by atoms with Crippen molar-refractivity contribution in [3.05, 3.63) is 33.5 Å². The molecule has 0 radical (unpaired) electrons. The number of nitrogens with one attached hydrogen (secondary N) is 2. The molecule has 2 N–H and O–H groups in total. The Bertz CT molecular complexity index is 1010. The molecule has 32 heavy (non-hydrogen) atoms. The monoisotopic (exact) mass is 461 g/mol. The largest absolute Gasteiger partial charge is 0.493 e. The van der Waals surface area contributed by atoms with Gasteiger partial charge in [-0.05, 0) is 25.0 Å². The molecule has 0 bridgehead atoms. The number of aryl methyl sites for hydroxylation is 2. The van der Waals surface area contributed by atoms with Crippen LogP contribution in [-0.4, -0.2) is 45.6 Å². The van der Waals surface area contributed by atoms with Crippen molar-refractivity contribution in [1.82, 2.24) is 10.9 Å². The molecule has 0 saturated carbocycles. The lowest BCUT2D eigenvalue weighted by Gasteiger charge is -2.20. The topological polar surface area (TPSA) is 106 Å². The van der Waals surface area contributed by atoms with E-state index in [0.717, 1.165) is 16.9 Å². The maximum Gasteiger partial charge on any atom is 0.279 e. The van der Waals surface area contributed by atoms with Crippen molar-refractivity contribution >= 4 is 34.7 Å². The first-order valence-electron chi connectivity index (χ1n) is 10.1. The molecular formula is C22H27N3O6S. The number of benzene rings is 1. The van der Waals surface area contributed by atoms with Crippen molar-refractivity contribution < 1.29 is 28.6 Å². The molecule has 1 aromatic carbocycles. The quantitative estimate of drug-likeness (QED) is 0.614. The van der Waals surface area contributed by atoms with Crippen molar-refractivity contribution in [2.75, 3.05) is 32.8 Å². The van der Waals surface area contributed by atoms with Gasteiger partial charge in [0.15, 0.2) is 11.5 Å². The van der Waals surface area contributed by atoms with Crippen molar-refractivity contribution in [1.29, 1.82) is 0 Å². The van der Waals surface area contributed by atoms with Crippen LogP contribution in [0.5, 0.6) is 17.2 Å². The number of anilines is 1. The predicted molar refractivity (Wildman–Crippen MR) is 121 cm³/mol. The van der Waals surface area contributed by atoms with Gasteiger partial charge < -0.3 is 19.1 Å². The zero-order chi connectivity index (χ0) is 23.4. The van der Waals surface area contributed by atoms with Crippen LogP contribution in [0.3, 0.4) is 0 Å². The van der Waals surface area contributed by atoms with Crippen molar-refractivity contribution in [3.8, 4) is 17.2 Å². The van der Waals surface area contributed by atoms with Gasteiger partial charge in [0.25, 0.3) is 5.91 Å². The van der Waals surface area contributed by atoms with E-state index in [9.17, 15) is 14.4 Å². The third-order valence-electron chi connectivity index (χ3n) is 5.32. The molecule has 1 fully saturated rings. The van der Waals surface area contributed by atoms with Crippen LogP contribution < -0.4 is 30.0 Å². The van der Waals surface area contributed by atoms with Gasteiger partial charge in [0.05, 0.1) is 37.8 Å². The lowest BCUT2D eigenvalue weighted by molar-refractivity contribution is -0.126. The van der Waals surface area contributed by atoms with Gasteiger partial charge in [-0.25, -0.2) is 0 Å². The molecule has 3 amide bonds. The third kappa shape index (κ3) is 4.64. The van der Waals surface area contributed by atoms with E-state index in [-0.39, 0.29) is 24.8 Å². The first-order valence-corrected chi connectivity index (χ1v) is 10.9. The molecule has 172 valence electrons. The summed E-state index contributed by atoms with van der Waals surface area (Å²) in [5.74, 6) is -0.398. The maximum atomic E-state index is 12.6. The molecule has 0 aliphatic carbocycles. The Kier molecular flexibility index (Phi) is 7.24. The van der Waals surface area contributed by atoms with Crippen LogP contribution in [0.25, 0.3) is 0 Å². The van der Waals surface area contributed by atoms with Crippen LogP contribution in [0.1, 0.15) is 33.5 Å². The summed E-state index contributed by atoms with van der Waals surface area (Å²) >= 11 is 1.40. The molecule has 2 aromatic rings. The molecule has 1 saturated heterocycles. The fraction of sp³-hybridized carbons (Fsp3) is 0.409. The van der Waals surface area contributed by atoms with E-state index in [4.69, 9.17) is 14.2 Å². The number of thiophene rings is 1. The molecule has 1 aliphatic rings. The molecule has 1 atom stereocenters. The summed E-state index contributed by atoms with van der Waals surface area (Å²) < 4.78 is 16.0. The number of carbonyl (C=O) groups excluding carboxylic acids is 3. The Labute approximate surface area is 190 Å². The minimum atomic E-state index is -0.613. The first kappa shape index (κ1) is 23.4. The number of methoxy groups -OCH3 is 3. The van der Waals surface area contributed by atoms with Crippen LogP contribution in [0.15, 0.2) is 18.2 Å². The first-order chi connectivity index (χ1) is 15.3. The highest BCUT2D eigenvalue weighted by Crippen LogP contribution is 2.42. The van der Waals surface area contributed by atoms with Gasteiger partial charge >= 0.3 is 0 Å². The maximum absolute atomic E-state index is 12.6. The number of nitrogens with zero attached hydrogens (tertiary/aromatic N) is 1. The SMILES string of the molecule is CCc1sc(C(=O)NNC(=O)C2CC(=O)N(c3cc(OC)c(OC)c(OC)c3)C2)cc1C. The van der Waals surface area contributed by atoms with E-state index in [1.54, 1.807) is 18.2 Å². The average molecular weight is 462 g/mol. The fourth-order valence-corrected chi connectivity index (χ4v) is 4.63. The van der Waals surface area contributed by atoms with Gasteiger partial charge in [-0.1, -0.05) is 6.92 Å². The summed E-state index contributed by atoms with van der Waals surface area (Å²) in [7, 11) is 4.48. The number of carbonyl (C=O) groups is 3. The molecule has 10 heteroatoms. The van der Waals surface area contributed by atoms with E-state index >= 15 is 0 Å². The summed E-state index contributed by atoms with van der Waals surface area (Å²) in [5.41, 5.74) is 6.48. The number of hydrogen-bond acceptors (Lipinski definition) is 7. The molecule has 1 aliphatic heterocycles. The molecular weight excluding hydrogens is 434 g/mol. The number of hydrogen-bond donors (Lipinski definition) is 2. The van der Waals surface area contributed by atoms with Crippen LogP contribution in [0.4, 0.5) is 5.69 Å². The van der Waals surface area contributed by atoms with Gasteiger partial charge in [-0.15, -0.1) is 11.3 Å². The van der Waals surface area contributed by atoms with Crippen LogP contribution >= 0.6 is 11.3 Å². The number of rotatable bonds is 7. The summed E-state index contributed by atoms with van der Waals surface area (Å²) in [6, 6.07) is 5.12. The molecule has 2 heterocycles. The Hall–Kier alpha value is -3.27. The van der Waals surface area contributed by atoms with Crippen LogP contribution in [0, 0.1) is 12.8 Å². The summed E-state index contributed by atoms with van der Waals surface area (Å²) in [6.45, 7) is 4.14. The second-order valence-electron chi connectivity index (χ2n) is 7.30. The molecule has 3 rings (SSSR count). The number of hydrazine groups is 1. The van der Waals surface area contributed by atoms with E-state index in [1.165, 1.54) is 37.6 Å². The number of amides is 3. The van der Waals surface area contributed by atoms with Gasteiger partial charge in [0.1, 0.15) is 0 Å². The molecule has 0 spiro atoms. The number of ether oxygens (including phenoxy) is 3. The summed E-state index contributed by atoms with van der Waals surface area (Å²) in [5, 5.41) is 0. The Morgan fingerprint density at radius 1 is 1.09 bits per heavy atom. The van der Waals surface area contributed by atoms with Crippen LogP contribution in [0.2, 0.25) is 0 Å². The zero-order valence-corrected chi connectivity index (χ0v) is 19.6. The Balaban J connectivity index is 1.67. The van der Waals surface area contributed by atoms with Gasteiger partial charge in [-0.3, -0.25) is 25.2 Å². The van der Waals surface area contributed by atoms with E-state index < -0.39 is 11.8 Å². The normalized spacial score (nSPS) is 15.5. The summed E-state index contributed by atoms with van der Waals surface area (Å²) in [4.78, 5) is 40.7. The van der Waals surface area contributed by atoms with E-state index in [1.807, 2.05) is 13.8 Å². The van der Waals surface area contributed by atoms with E-state index in [0.29, 0.717) is 27.8 Å². The predicted octanol–water partition coefficient (Wildman–Crippen LogP) is 2.46. The van der Waals surface area contributed by atoms with Crippen molar-refractivity contribution in [2.45, 2.75) is 26.7 Å². The highest BCUT2D eigenvalue weighted by molar-refractivity contribution is 7.14. The highest BCUT2D eigenvalue weighted by atomic mass is 32.1. The molecule has 9 nitrogen and oxygen atoms in total. The average Bonchev–Trinajstić information content (AvgIpc) is 3.38. The third-order valence-corrected chi connectivity index (χ3v) is 6.70. The van der Waals surface area contributed by atoms with E-state index in [2.05, 4.69) is 10.9 Å². The zero-order valence-electron chi connectivity index (χ0n) is 18.7.